The minimum atomic E-state index is -3.61. The lowest BCUT2D eigenvalue weighted by atomic mass is 9.90. The summed E-state index contributed by atoms with van der Waals surface area (Å²) >= 11 is 0. The Labute approximate surface area is 217 Å². The Morgan fingerprint density at radius 2 is 1.51 bits per heavy atom. The van der Waals surface area contributed by atoms with Gasteiger partial charge in [0, 0.05) is 6.54 Å². The second-order valence-electron chi connectivity index (χ2n) is 9.24. The molecule has 0 aromatic heterocycles. The predicted octanol–water partition coefficient (Wildman–Crippen LogP) is 4.15. The van der Waals surface area contributed by atoms with Crippen LogP contribution in [-0.4, -0.2) is 55.9 Å². The van der Waals surface area contributed by atoms with E-state index in [0.717, 1.165) is 16.7 Å². The van der Waals surface area contributed by atoms with Gasteiger partial charge in [-0.3, -0.25) is 4.79 Å². The summed E-state index contributed by atoms with van der Waals surface area (Å²) in [6.07, 6.45) is 0.838. The average molecular weight is 524 g/mol. The molecule has 1 aliphatic heterocycles. The molecular formula is C29H30FNO5S. The first-order valence-corrected chi connectivity index (χ1v) is 14.0. The van der Waals surface area contributed by atoms with Gasteiger partial charge in [0.2, 0.25) is 5.91 Å². The van der Waals surface area contributed by atoms with Crippen LogP contribution >= 0.6 is 0 Å². The molecule has 8 heteroatoms. The number of halogens is 1. The predicted molar refractivity (Wildman–Crippen MR) is 139 cm³/mol. The number of methoxy groups -OCH3 is 1. The minimum Gasteiger partial charge on any atom is -0.467 e. The summed E-state index contributed by atoms with van der Waals surface area (Å²) < 4.78 is 44.6. The van der Waals surface area contributed by atoms with E-state index in [1.165, 1.54) is 24.1 Å². The molecule has 3 aromatic rings. The largest absolute Gasteiger partial charge is 0.467 e. The van der Waals surface area contributed by atoms with Crippen molar-refractivity contribution in [2.24, 2.45) is 0 Å². The lowest BCUT2D eigenvalue weighted by Crippen LogP contribution is -2.44. The normalized spacial score (nSPS) is 17.6. The van der Waals surface area contributed by atoms with Gasteiger partial charge in [-0.2, -0.15) is 0 Å². The van der Waals surface area contributed by atoms with E-state index in [0.29, 0.717) is 12.8 Å². The quantitative estimate of drug-likeness (QED) is 0.394. The molecule has 1 aliphatic rings. The number of hydrogen-bond donors (Lipinski definition) is 0. The number of carbonyl (C=O) groups excluding carboxylic acids is 2. The van der Waals surface area contributed by atoms with Gasteiger partial charge in [0.15, 0.2) is 9.84 Å². The van der Waals surface area contributed by atoms with Crippen LogP contribution < -0.4 is 0 Å². The zero-order valence-corrected chi connectivity index (χ0v) is 21.4. The van der Waals surface area contributed by atoms with Gasteiger partial charge in [0.1, 0.15) is 11.9 Å². The van der Waals surface area contributed by atoms with E-state index < -0.39 is 33.0 Å². The molecule has 0 saturated carbocycles. The van der Waals surface area contributed by atoms with E-state index in [9.17, 15) is 22.4 Å². The van der Waals surface area contributed by atoms with Gasteiger partial charge in [0.25, 0.3) is 0 Å². The molecule has 4 rings (SSSR count). The standard InChI is InChI=1S/C29H30FNO5S/c1-36-29(33)26-19-25(37(34,35)18-8-9-21-14-16-24(30)17-15-21)20-31(26)28(32)27(22-10-4-2-5-11-22)23-12-6-3-7-13-23/h2-7,10-17,25-27H,8-9,18-20H2,1H3/t25-,26-/m0/s1. The number of hydrogen-bond acceptors (Lipinski definition) is 5. The third kappa shape index (κ3) is 6.25. The van der Waals surface area contributed by atoms with Crippen molar-refractivity contribution in [2.45, 2.75) is 36.5 Å². The number of ether oxygens (including phenoxy) is 1. The van der Waals surface area contributed by atoms with Crippen molar-refractivity contribution in [1.29, 1.82) is 0 Å². The number of carbonyl (C=O) groups is 2. The number of esters is 1. The number of benzene rings is 3. The number of nitrogens with zero attached hydrogens (tertiary/aromatic N) is 1. The molecule has 1 saturated heterocycles. The summed E-state index contributed by atoms with van der Waals surface area (Å²) in [5.41, 5.74) is 2.36. The summed E-state index contributed by atoms with van der Waals surface area (Å²) in [4.78, 5) is 28.0. The van der Waals surface area contributed by atoms with E-state index in [4.69, 9.17) is 4.74 Å². The van der Waals surface area contributed by atoms with Crippen LogP contribution in [0, 0.1) is 5.82 Å². The summed E-state index contributed by atoms with van der Waals surface area (Å²) in [5, 5.41) is -0.874. The van der Waals surface area contributed by atoms with Gasteiger partial charge < -0.3 is 9.64 Å². The van der Waals surface area contributed by atoms with E-state index in [-0.39, 0.29) is 30.4 Å². The highest BCUT2D eigenvalue weighted by atomic mass is 32.2. The fourth-order valence-corrected chi connectivity index (χ4v) is 6.63. The van der Waals surface area contributed by atoms with Gasteiger partial charge in [-0.25, -0.2) is 17.6 Å². The van der Waals surface area contributed by atoms with E-state index in [2.05, 4.69) is 0 Å². The zero-order chi connectivity index (χ0) is 26.4. The number of aryl methyl sites for hydroxylation is 1. The van der Waals surface area contributed by atoms with Crippen molar-refractivity contribution < 1.29 is 27.1 Å². The number of sulfone groups is 1. The Morgan fingerprint density at radius 1 is 0.946 bits per heavy atom. The Bertz CT molecular complexity index is 1270. The summed E-state index contributed by atoms with van der Waals surface area (Å²) in [6.45, 7) is -0.0757. The topological polar surface area (TPSA) is 80.8 Å². The molecule has 0 bridgehead atoms. The molecular weight excluding hydrogens is 493 g/mol. The van der Waals surface area contributed by atoms with Crippen LogP contribution in [0.25, 0.3) is 0 Å². The van der Waals surface area contributed by atoms with Crippen LogP contribution in [0.4, 0.5) is 4.39 Å². The van der Waals surface area contributed by atoms with Crippen LogP contribution in [-0.2, 0) is 30.6 Å². The minimum absolute atomic E-state index is 0.00635. The van der Waals surface area contributed by atoms with E-state index in [1.807, 2.05) is 60.7 Å². The lowest BCUT2D eigenvalue weighted by Gasteiger charge is -2.28. The maximum Gasteiger partial charge on any atom is 0.328 e. The van der Waals surface area contributed by atoms with E-state index >= 15 is 0 Å². The van der Waals surface area contributed by atoms with Gasteiger partial charge in [-0.1, -0.05) is 72.8 Å². The molecule has 0 unspecified atom stereocenters. The second-order valence-corrected chi connectivity index (χ2v) is 11.6. The summed E-state index contributed by atoms with van der Waals surface area (Å²) in [5.74, 6) is -2.08. The first kappa shape index (κ1) is 26.5. The van der Waals surface area contributed by atoms with Crippen molar-refractivity contribution in [3.8, 4) is 0 Å². The monoisotopic (exact) mass is 523 g/mol. The van der Waals surface area contributed by atoms with Gasteiger partial charge in [0.05, 0.1) is 24.0 Å². The summed E-state index contributed by atoms with van der Waals surface area (Å²) in [7, 11) is -2.37. The van der Waals surface area contributed by atoms with Gasteiger partial charge in [-0.15, -0.1) is 0 Å². The number of likely N-dealkylation sites (tertiary alicyclic amines) is 1. The Balaban J connectivity index is 1.55. The fourth-order valence-electron chi connectivity index (χ4n) is 4.89. The van der Waals surface area contributed by atoms with Crippen LogP contribution in [0.1, 0.15) is 35.4 Å². The van der Waals surface area contributed by atoms with Gasteiger partial charge >= 0.3 is 5.97 Å². The first-order valence-electron chi connectivity index (χ1n) is 12.2. The Morgan fingerprint density at radius 3 is 2.05 bits per heavy atom. The maximum atomic E-state index is 14.0. The molecule has 0 radical (unpaired) electrons. The highest BCUT2D eigenvalue weighted by Crippen LogP contribution is 2.33. The smallest absolute Gasteiger partial charge is 0.328 e. The van der Waals surface area contributed by atoms with Crippen molar-refractivity contribution >= 4 is 21.7 Å². The third-order valence-corrected chi connectivity index (χ3v) is 9.06. The van der Waals surface area contributed by atoms with Crippen LogP contribution in [0.5, 0.6) is 0 Å². The molecule has 0 spiro atoms. The molecule has 0 N–H and O–H groups in total. The van der Waals surface area contributed by atoms with Crippen molar-refractivity contribution in [2.75, 3.05) is 19.4 Å². The molecule has 37 heavy (non-hydrogen) atoms. The van der Waals surface area contributed by atoms with Gasteiger partial charge in [-0.05, 0) is 48.1 Å². The fraction of sp³-hybridized carbons (Fsp3) is 0.310. The molecule has 3 aromatic carbocycles. The van der Waals surface area contributed by atoms with Crippen LogP contribution in [0.15, 0.2) is 84.9 Å². The third-order valence-electron chi connectivity index (χ3n) is 6.85. The molecule has 6 nitrogen and oxygen atoms in total. The first-order chi connectivity index (χ1) is 17.8. The highest BCUT2D eigenvalue weighted by Gasteiger charge is 2.46. The Kier molecular flexibility index (Phi) is 8.38. The molecule has 2 atom stereocenters. The van der Waals surface area contributed by atoms with Crippen LogP contribution in [0.3, 0.4) is 0 Å². The molecule has 0 aliphatic carbocycles. The van der Waals surface area contributed by atoms with Crippen molar-refractivity contribution in [3.63, 3.8) is 0 Å². The number of amides is 1. The SMILES string of the molecule is COC(=O)[C@@H]1C[C@H](S(=O)(=O)CCCc2ccc(F)cc2)CN1C(=O)C(c1ccccc1)c1ccccc1. The molecule has 1 amide bonds. The highest BCUT2D eigenvalue weighted by molar-refractivity contribution is 7.92. The molecule has 1 heterocycles. The average Bonchev–Trinajstić information content (AvgIpc) is 3.37. The summed E-state index contributed by atoms with van der Waals surface area (Å²) in [6, 6.07) is 23.5. The van der Waals surface area contributed by atoms with E-state index in [1.54, 1.807) is 12.1 Å². The van der Waals surface area contributed by atoms with Crippen molar-refractivity contribution in [1.82, 2.24) is 4.90 Å². The maximum absolute atomic E-state index is 14.0. The number of rotatable bonds is 9. The Hall–Kier alpha value is -3.52. The lowest BCUT2D eigenvalue weighted by molar-refractivity contribution is -0.151. The van der Waals surface area contributed by atoms with Crippen molar-refractivity contribution in [3.05, 3.63) is 107 Å². The molecule has 1 fully saturated rings. The zero-order valence-electron chi connectivity index (χ0n) is 20.6. The van der Waals surface area contributed by atoms with Crippen LogP contribution in [0.2, 0.25) is 0 Å². The molecule has 194 valence electrons. The second kappa shape index (κ2) is 11.7.